The zero-order chi connectivity index (χ0) is 20.4. The summed E-state index contributed by atoms with van der Waals surface area (Å²) in [6, 6.07) is 12.5. The maximum Gasteiger partial charge on any atom is 0.222 e. The summed E-state index contributed by atoms with van der Waals surface area (Å²) in [5.74, 6) is 0.236. The van der Waals surface area contributed by atoms with Crippen molar-refractivity contribution in [2.75, 3.05) is 26.2 Å². The summed E-state index contributed by atoms with van der Waals surface area (Å²) in [4.78, 5) is 21.9. The summed E-state index contributed by atoms with van der Waals surface area (Å²) >= 11 is 0. The predicted octanol–water partition coefficient (Wildman–Crippen LogP) is 2.93. The van der Waals surface area contributed by atoms with E-state index in [1.807, 2.05) is 35.4 Å². The van der Waals surface area contributed by atoms with E-state index in [-0.39, 0.29) is 5.91 Å². The van der Waals surface area contributed by atoms with E-state index in [9.17, 15) is 4.79 Å². The predicted molar refractivity (Wildman–Crippen MR) is 114 cm³/mol. The molecule has 1 aliphatic heterocycles. The van der Waals surface area contributed by atoms with Gasteiger partial charge < -0.3 is 4.90 Å². The van der Waals surface area contributed by atoms with Crippen molar-refractivity contribution in [1.29, 1.82) is 0 Å². The lowest BCUT2D eigenvalue weighted by atomic mass is 10.1. The Morgan fingerprint density at radius 3 is 2.48 bits per heavy atom. The number of aryl methyl sites for hydroxylation is 3. The topological polar surface area (TPSA) is 53.7 Å². The number of hydrogen-bond donors (Lipinski definition) is 0. The van der Waals surface area contributed by atoms with Crippen LogP contribution in [-0.2, 0) is 17.8 Å². The van der Waals surface area contributed by atoms with E-state index in [1.165, 1.54) is 5.56 Å². The molecule has 3 aromatic rings. The number of hydrogen-bond acceptors (Lipinski definition) is 4. The Bertz CT molecular complexity index is 1000. The van der Waals surface area contributed by atoms with Crippen LogP contribution in [0.4, 0.5) is 0 Å². The lowest BCUT2D eigenvalue weighted by molar-refractivity contribution is -0.133. The van der Waals surface area contributed by atoms with Gasteiger partial charge in [0.1, 0.15) is 0 Å². The Kier molecular flexibility index (Phi) is 5.62. The van der Waals surface area contributed by atoms with Crippen LogP contribution in [0.3, 0.4) is 0 Å². The molecule has 0 bridgehead atoms. The number of amides is 1. The summed E-state index contributed by atoms with van der Waals surface area (Å²) in [5.41, 5.74) is 6.38. The van der Waals surface area contributed by atoms with Gasteiger partial charge in [-0.1, -0.05) is 30.3 Å². The van der Waals surface area contributed by atoms with Crippen LogP contribution in [0.25, 0.3) is 5.65 Å². The third kappa shape index (κ3) is 4.32. The minimum atomic E-state index is 0.236. The number of carbonyl (C=O) groups excluding carboxylic acids is 1. The first-order chi connectivity index (χ1) is 14.0. The number of nitrogens with zero attached hydrogens (tertiary/aromatic N) is 5. The molecule has 3 heterocycles. The van der Waals surface area contributed by atoms with Gasteiger partial charge in [-0.3, -0.25) is 9.69 Å². The van der Waals surface area contributed by atoms with Crippen molar-refractivity contribution in [2.45, 2.75) is 40.2 Å². The molecule has 0 radical (unpaired) electrons. The average Bonchev–Trinajstić information content (AvgIpc) is 3.09. The fraction of sp³-hybridized carbons (Fsp3) is 0.435. The van der Waals surface area contributed by atoms with Gasteiger partial charge in [-0.2, -0.15) is 5.10 Å². The number of carbonyl (C=O) groups is 1. The number of aromatic nitrogens is 3. The first-order valence-electron chi connectivity index (χ1n) is 10.4. The first-order valence-corrected chi connectivity index (χ1v) is 10.4. The van der Waals surface area contributed by atoms with Gasteiger partial charge in [0.2, 0.25) is 5.91 Å². The highest BCUT2D eigenvalue weighted by Gasteiger charge is 2.21. The van der Waals surface area contributed by atoms with E-state index in [0.29, 0.717) is 12.8 Å². The van der Waals surface area contributed by atoms with Crippen LogP contribution in [0.15, 0.2) is 36.4 Å². The third-order valence-corrected chi connectivity index (χ3v) is 5.85. The number of fused-ring (bicyclic) bond motifs is 1. The van der Waals surface area contributed by atoms with Crippen molar-refractivity contribution in [2.24, 2.45) is 0 Å². The van der Waals surface area contributed by atoms with E-state index in [1.54, 1.807) is 0 Å². The molecular formula is C23H29N5O. The minimum Gasteiger partial charge on any atom is -0.340 e. The summed E-state index contributed by atoms with van der Waals surface area (Å²) < 4.78 is 1.89. The van der Waals surface area contributed by atoms with Crippen molar-refractivity contribution in [3.8, 4) is 0 Å². The molecule has 0 aliphatic carbocycles. The Morgan fingerprint density at radius 1 is 1.03 bits per heavy atom. The van der Waals surface area contributed by atoms with Crippen molar-refractivity contribution in [3.63, 3.8) is 0 Å². The minimum absolute atomic E-state index is 0.236. The molecule has 6 nitrogen and oxygen atoms in total. The van der Waals surface area contributed by atoms with Crippen LogP contribution in [0.1, 0.15) is 34.6 Å². The van der Waals surface area contributed by atoms with Crippen LogP contribution >= 0.6 is 0 Å². The molecule has 1 aliphatic rings. The van der Waals surface area contributed by atoms with Gasteiger partial charge in [0.15, 0.2) is 5.65 Å². The van der Waals surface area contributed by atoms with Crippen LogP contribution < -0.4 is 0 Å². The van der Waals surface area contributed by atoms with Gasteiger partial charge in [-0.05, 0) is 38.3 Å². The van der Waals surface area contributed by atoms with E-state index >= 15 is 0 Å². The summed E-state index contributed by atoms with van der Waals surface area (Å²) in [5, 5.41) is 4.53. The molecule has 152 valence electrons. The zero-order valence-corrected chi connectivity index (χ0v) is 17.6. The molecule has 0 N–H and O–H groups in total. The number of benzene rings is 1. The molecule has 0 saturated carbocycles. The lowest BCUT2D eigenvalue weighted by Gasteiger charge is -2.35. The average molecular weight is 392 g/mol. The molecule has 1 fully saturated rings. The molecule has 2 aromatic heterocycles. The Morgan fingerprint density at radius 2 is 1.76 bits per heavy atom. The summed E-state index contributed by atoms with van der Waals surface area (Å²) in [6.07, 6.45) is 1.23. The Hall–Kier alpha value is -2.73. The fourth-order valence-corrected chi connectivity index (χ4v) is 4.19. The highest BCUT2D eigenvalue weighted by atomic mass is 16.2. The monoisotopic (exact) mass is 391 g/mol. The van der Waals surface area contributed by atoms with Gasteiger partial charge in [-0.15, -0.1) is 0 Å². The van der Waals surface area contributed by atoms with E-state index < -0.39 is 0 Å². The molecule has 29 heavy (non-hydrogen) atoms. The number of piperazine rings is 1. The van der Waals surface area contributed by atoms with E-state index in [4.69, 9.17) is 0 Å². The fourth-order valence-electron chi connectivity index (χ4n) is 4.19. The maximum atomic E-state index is 12.8. The Labute approximate surface area is 172 Å². The molecule has 0 atom stereocenters. The standard InChI is InChI=1S/C23H29N5O/c1-17-15-22-24-18(2)21(19(3)28(22)25-17)9-10-23(29)27-13-11-26(12-14-27)16-20-7-5-4-6-8-20/h4-8,15H,9-14,16H2,1-3H3. The van der Waals surface area contributed by atoms with Crippen molar-refractivity contribution in [1.82, 2.24) is 24.4 Å². The normalized spacial score (nSPS) is 15.2. The maximum absolute atomic E-state index is 12.8. The van der Waals surface area contributed by atoms with Gasteiger partial charge >= 0.3 is 0 Å². The highest BCUT2D eigenvalue weighted by molar-refractivity contribution is 5.76. The molecular weight excluding hydrogens is 362 g/mol. The lowest BCUT2D eigenvalue weighted by Crippen LogP contribution is -2.48. The van der Waals surface area contributed by atoms with E-state index in [2.05, 4.69) is 46.2 Å². The molecule has 1 amide bonds. The van der Waals surface area contributed by atoms with Crippen LogP contribution in [0.5, 0.6) is 0 Å². The molecule has 0 unspecified atom stereocenters. The quantitative estimate of drug-likeness (QED) is 0.671. The smallest absolute Gasteiger partial charge is 0.222 e. The zero-order valence-electron chi connectivity index (χ0n) is 17.6. The SMILES string of the molecule is Cc1cc2nc(C)c(CCC(=O)N3CCN(Cc4ccccc4)CC3)c(C)n2n1. The van der Waals surface area contributed by atoms with Gasteiger partial charge in [0.05, 0.1) is 5.69 Å². The van der Waals surface area contributed by atoms with Crippen LogP contribution in [-0.4, -0.2) is 56.5 Å². The van der Waals surface area contributed by atoms with Crippen molar-refractivity contribution < 1.29 is 4.79 Å². The second-order valence-corrected chi connectivity index (χ2v) is 7.96. The van der Waals surface area contributed by atoms with Crippen molar-refractivity contribution >= 4 is 11.6 Å². The molecule has 0 spiro atoms. The third-order valence-electron chi connectivity index (χ3n) is 5.85. The van der Waals surface area contributed by atoms with Gasteiger partial charge in [-0.25, -0.2) is 9.50 Å². The molecule has 6 heteroatoms. The first kappa shape index (κ1) is 19.6. The van der Waals surface area contributed by atoms with Gasteiger partial charge in [0.25, 0.3) is 0 Å². The largest absolute Gasteiger partial charge is 0.340 e. The number of rotatable bonds is 5. The summed E-state index contributed by atoms with van der Waals surface area (Å²) in [7, 11) is 0. The second-order valence-electron chi connectivity index (χ2n) is 7.96. The molecule has 1 aromatic carbocycles. The molecule has 4 rings (SSSR count). The molecule has 1 saturated heterocycles. The van der Waals surface area contributed by atoms with Crippen LogP contribution in [0.2, 0.25) is 0 Å². The van der Waals surface area contributed by atoms with Crippen molar-refractivity contribution in [3.05, 3.63) is 64.6 Å². The van der Waals surface area contributed by atoms with Crippen LogP contribution in [0, 0.1) is 20.8 Å². The highest BCUT2D eigenvalue weighted by Crippen LogP contribution is 2.18. The van der Waals surface area contributed by atoms with E-state index in [0.717, 1.165) is 61.0 Å². The van der Waals surface area contributed by atoms with Gasteiger partial charge in [0, 0.05) is 56.6 Å². The Balaban J connectivity index is 1.33. The summed E-state index contributed by atoms with van der Waals surface area (Å²) in [6.45, 7) is 10.5. The second kappa shape index (κ2) is 8.33.